The first-order chi connectivity index (χ1) is 10.2. The molecule has 0 N–H and O–H groups in total. The van der Waals surface area contributed by atoms with Crippen molar-refractivity contribution in [3.63, 3.8) is 0 Å². The van der Waals surface area contributed by atoms with Crippen LogP contribution in [-0.2, 0) is 12.4 Å². The molecule has 1 atom stereocenters. The molecule has 0 fully saturated rings. The topological polar surface area (TPSA) is 54.5 Å². The van der Waals surface area contributed by atoms with Crippen LogP contribution in [0, 0.1) is 11.3 Å². The van der Waals surface area contributed by atoms with Crippen molar-refractivity contribution in [1.82, 2.24) is 14.5 Å². The average molecular weight is 317 g/mol. The van der Waals surface area contributed by atoms with E-state index in [2.05, 4.69) is 27.5 Å². The van der Waals surface area contributed by atoms with Crippen LogP contribution in [0.3, 0.4) is 0 Å². The fraction of sp³-hybridized carbons (Fsp3) is 0.267. The number of alkyl halides is 1. The number of aromatic nitrogens is 3. The van der Waals surface area contributed by atoms with E-state index in [0.29, 0.717) is 11.4 Å². The van der Waals surface area contributed by atoms with Gasteiger partial charge in [-0.15, -0.1) is 22.9 Å². The van der Waals surface area contributed by atoms with E-state index in [1.54, 1.807) is 17.4 Å². The van der Waals surface area contributed by atoms with Crippen LogP contribution in [0.1, 0.15) is 29.2 Å². The van der Waals surface area contributed by atoms with Gasteiger partial charge >= 0.3 is 0 Å². The number of thiazole rings is 1. The summed E-state index contributed by atoms with van der Waals surface area (Å²) in [5.41, 5.74) is 2.45. The Morgan fingerprint density at radius 1 is 1.48 bits per heavy atom. The van der Waals surface area contributed by atoms with Crippen molar-refractivity contribution in [3.8, 4) is 6.07 Å². The quantitative estimate of drug-likeness (QED) is 0.686. The van der Waals surface area contributed by atoms with Crippen LogP contribution in [-0.4, -0.2) is 14.5 Å². The number of nitriles is 1. The van der Waals surface area contributed by atoms with E-state index >= 15 is 0 Å². The molecular weight excluding hydrogens is 304 g/mol. The molecule has 0 saturated heterocycles. The Labute approximate surface area is 131 Å². The summed E-state index contributed by atoms with van der Waals surface area (Å²) in [4.78, 5) is 8.91. The minimum absolute atomic E-state index is 0.273. The van der Waals surface area contributed by atoms with Crippen molar-refractivity contribution in [2.24, 2.45) is 0 Å². The van der Waals surface area contributed by atoms with Gasteiger partial charge in [0.1, 0.15) is 5.82 Å². The van der Waals surface area contributed by atoms with E-state index in [9.17, 15) is 0 Å². The van der Waals surface area contributed by atoms with Crippen molar-refractivity contribution in [1.29, 1.82) is 5.26 Å². The Hall–Kier alpha value is -1.90. The molecule has 0 saturated carbocycles. The maximum absolute atomic E-state index is 9.07. The molecule has 1 unspecified atom stereocenters. The highest BCUT2D eigenvalue weighted by Crippen LogP contribution is 2.25. The van der Waals surface area contributed by atoms with Gasteiger partial charge in [-0.25, -0.2) is 9.97 Å². The molecule has 106 valence electrons. The van der Waals surface area contributed by atoms with Crippen LogP contribution in [0.5, 0.6) is 0 Å². The molecule has 6 heteroatoms. The molecule has 2 heterocycles. The van der Waals surface area contributed by atoms with Gasteiger partial charge in [0, 0.05) is 24.0 Å². The lowest BCUT2D eigenvalue weighted by molar-refractivity contribution is 0.592. The van der Waals surface area contributed by atoms with Gasteiger partial charge < -0.3 is 4.57 Å². The molecule has 0 spiro atoms. The third-order valence-corrected chi connectivity index (χ3v) is 4.65. The van der Waals surface area contributed by atoms with Gasteiger partial charge in [0.25, 0.3) is 0 Å². The lowest BCUT2D eigenvalue weighted by Crippen LogP contribution is -2.09. The highest BCUT2D eigenvalue weighted by molar-refractivity contribution is 7.09. The first kappa shape index (κ1) is 14.1. The molecule has 21 heavy (non-hydrogen) atoms. The molecular formula is C15H13ClN4S. The minimum atomic E-state index is 0.273. The summed E-state index contributed by atoms with van der Waals surface area (Å²) >= 11 is 7.67. The predicted octanol–water partition coefficient (Wildman–Crippen LogP) is 3.91. The molecule has 0 amide bonds. The third-order valence-electron chi connectivity index (χ3n) is 3.41. The smallest absolute Gasteiger partial charge is 0.124 e. The number of hydrogen-bond acceptors (Lipinski definition) is 4. The lowest BCUT2D eigenvalue weighted by Gasteiger charge is -2.12. The largest absolute Gasteiger partial charge is 0.326 e. The van der Waals surface area contributed by atoms with E-state index in [4.69, 9.17) is 16.9 Å². The highest BCUT2D eigenvalue weighted by Gasteiger charge is 2.15. The van der Waals surface area contributed by atoms with Gasteiger partial charge in [0.2, 0.25) is 0 Å². The number of benzene rings is 1. The molecule has 3 rings (SSSR count). The summed E-state index contributed by atoms with van der Waals surface area (Å²) < 4.78 is 2.09. The van der Waals surface area contributed by atoms with Crippen molar-refractivity contribution < 1.29 is 0 Å². The fourth-order valence-corrected chi connectivity index (χ4v) is 3.27. The normalized spacial score (nSPS) is 12.4. The SMILES string of the molecule is CC(Cn1c(CCl)nc2ccc(C#N)cc21)c1nccs1. The lowest BCUT2D eigenvalue weighted by atomic mass is 10.1. The van der Waals surface area contributed by atoms with Crippen LogP contribution in [0.15, 0.2) is 29.8 Å². The molecule has 4 nitrogen and oxygen atoms in total. The van der Waals surface area contributed by atoms with Crippen LogP contribution < -0.4 is 0 Å². The van der Waals surface area contributed by atoms with Crippen molar-refractivity contribution >= 4 is 34.0 Å². The van der Waals surface area contributed by atoms with E-state index in [1.807, 2.05) is 23.7 Å². The summed E-state index contributed by atoms with van der Waals surface area (Å²) in [5, 5.41) is 12.1. The summed E-state index contributed by atoms with van der Waals surface area (Å²) in [6.07, 6.45) is 1.82. The van der Waals surface area contributed by atoms with Crippen molar-refractivity contribution in [3.05, 3.63) is 46.2 Å². The molecule has 1 aromatic carbocycles. The second-order valence-corrected chi connectivity index (χ2v) is 6.05. The molecule has 0 radical (unpaired) electrons. The maximum Gasteiger partial charge on any atom is 0.124 e. The Balaban J connectivity index is 2.05. The minimum Gasteiger partial charge on any atom is -0.326 e. The molecule has 0 aliphatic rings. The van der Waals surface area contributed by atoms with Gasteiger partial charge in [-0.1, -0.05) is 6.92 Å². The van der Waals surface area contributed by atoms with E-state index in [1.165, 1.54) is 0 Å². The van der Waals surface area contributed by atoms with Crippen LogP contribution >= 0.6 is 22.9 Å². The molecule has 0 aliphatic heterocycles. The van der Waals surface area contributed by atoms with Gasteiger partial charge in [0.15, 0.2) is 0 Å². The zero-order chi connectivity index (χ0) is 14.8. The average Bonchev–Trinajstić information content (AvgIpc) is 3.14. The Kier molecular flexibility index (Phi) is 3.91. The van der Waals surface area contributed by atoms with Crippen molar-refractivity contribution in [2.45, 2.75) is 25.3 Å². The number of hydrogen-bond donors (Lipinski definition) is 0. The Morgan fingerprint density at radius 3 is 3.00 bits per heavy atom. The third kappa shape index (κ3) is 2.65. The zero-order valence-corrected chi connectivity index (χ0v) is 13.0. The molecule has 3 aromatic rings. The van der Waals surface area contributed by atoms with Gasteiger partial charge in [-0.3, -0.25) is 0 Å². The van der Waals surface area contributed by atoms with Gasteiger partial charge in [-0.2, -0.15) is 5.26 Å². The van der Waals surface area contributed by atoms with Crippen molar-refractivity contribution in [2.75, 3.05) is 0 Å². The van der Waals surface area contributed by atoms with Gasteiger partial charge in [-0.05, 0) is 18.2 Å². The molecule has 2 aromatic heterocycles. The first-order valence-corrected chi connectivity index (χ1v) is 7.99. The van der Waals surface area contributed by atoms with E-state index in [-0.39, 0.29) is 5.92 Å². The predicted molar refractivity (Wildman–Crippen MR) is 84.5 cm³/mol. The second kappa shape index (κ2) is 5.84. The number of imidazole rings is 1. The maximum atomic E-state index is 9.07. The van der Waals surface area contributed by atoms with Gasteiger partial charge in [0.05, 0.1) is 33.6 Å². The molecule has 0 aliphatic carbocycles. The standard InChI is InChI=1S/C15H13ClN4S/c1-10(15-18-4-5-21-15)9-20-13-6-11(8-17)2-3-12(13)19-14(20)7-16/h2-6,10H,7,9H2,1H3. The van der Waals surface area contributed by atoms with E-state index in [0.717, 1.165) is 28.4 Å². The zero-order valence-electron chi connectivity index (χ0n) is 11.5. The first-order valence-electron chi connectivity index (χ1n) is 6.57. The second-order valence-electron chi connectivity index (χ2n) is 4.86. The van der Waals surface area contributed by atoms with Crippen LogP contribution in [0.2, 0.25) is 0 Å². The number of fused-ring (bicyclic) bond motifs is 1. The number of nitrogens with zero attached hydrogens (tertiary/aromatic N) is 4. The summed E-state index contributed by atoms with van der Waals surface area (Å²) in [5.74, 6) is 1.45. The molecule has 0 bridgehead atoms. The van der Waals surface area contributed by atoms with Crippen LogP contribution in [0.4, 0.5) is 0 Å². The van der Waals surface area contributed by atoms with E-state index < -0.39 is 0 Å². The Morgan fingerprint density at radius 2 is 2.33 bits per heavy atom. The summed E-state index contributed by atoms with van der Waals surface area (Å²) in [6.45, 7) is 2.89. The fourth-order valence-electron chi connectivity index (χ4n) is 2.38. The number of halogens is 1. The highest BCUT2D eigenvalue weighted by atomic mass is 35.5. The monoisotopic (exact) mass is 316 g/mol. The summed E-state index contributed by atoms with van der Waals surface area (Å²) in [7, 11) is 0. The van der Waals surface area contributed by atoms with Crippen LogP contribution in [0.25, 0.3) is 11.0 Å². The Bertz CT molecular complexity index is 801. The number of rotatable bonds is 4. The summed E-state index contributed by atoms with van der Waals surface area (Å²) in [6, 6.07) is 7.69.